The summed E-state index contributed by atoms with van der Waals surface area (Å²) in [5.41, 5.74) is 1.23. The lowest BCUT2D eigenvalue weighted by molar-refractivity contribution is 0.102. The monoisotopic (exact) mass is 317 g/mol. The highest BCUT2D eigenvalue weighted by atomic mass is 19.1. The van der Waals surface area contributed by atoms with Gasteiger partial charge >= 0.3 is 0 Å². The Morgan fingerprint density at radius 1 is 1.09 bits per heavy atom. The van der Waals surface area contributed by atoms with Crippen molar-refractivity contribution in [2.24, 2.45) is 0 Å². The molecule has 0 saturated heterocycles. The minimum absolute atomic E-state index is 0.248. The normalized spacial score (nSPS) is 10.3. The molecule has 1 N–H and O–H groups in total. The first-order chi connectivity index (χ1) is 11.0. The van der Waals surface area contributed by atoms with E-state index in [4.69, 9.17) is 9.47 Å². The van der Waals surface area contributed by atoms with Crippen LogP contribution in [0.2, 0.25) is 0 Å². The lowest BCUT2D eigenvalue weighted by atomic mass is 10.1. The summed E-state index contributed by atoms with van der Waals surface area (Å²) in [6.07, 6.45) is 0. The molecule has 0 unspecified atom stereocenters. The van der Waals surface area contributed by atoms with Gasteiger partial charge in [0, 0.05) is 11.6 Å². The number of nitrogens with one attached hydrogen (secondary N) is 1. The molecule has 1 amide bonds. The van der Waals surface area contributed by atoms with Crippen molar-refractivity contribution in [3.05, 3.63) is 53.3 Å². The first-order valence-corrected chi connectivity index (χ1v) is 7.52. The topological polar surface area (TPSA) is 47.6 Å². The summed E-state index contributed by atoms with van der Waals surface area (Å²) in [5, 5.41) is 2.75. The Kier molecular flexibility index (Phi) is 5.57. The zero-order valence-corrected chi connectivity index (χ0v) is 13.5. The van der Waals surface area contributed by atoms with Crippen LogP contribution in [0.3, 0.4) is 0 Å². The highest BCUT2D eigenvalue weighted by Gasteiger charge is 2.12. The van der Waals surface area contributed by atoms with E-state index in [2.05, 4.69) is 5.32 Å². The van der Waals surface area contributed by atoms with E-state index < -0.39 is 11.7 Å². The van der Waals surface area contributed by atoms with Crippen molar-refractivity contribution in [3.8, 4) is 11.5 Å². The van der Waals surface area contributed by atoms with Gasteiger partial charge in [-0.05, 0) is 50.6 Å². The number of carbonyl (C=O) groups is 1. The quantitative estimate of drug-likeness (QED) is 0.869. The van der Waals surface area contributed by atoms with E-state index in [-0.39, 0.29) is 5.56 Å². The molecule has 0 fully saturated rings. The van der Waals surface area contributed by atoms with Crippen molar-refractivity contribution in [1.82, 2.24) is 0 Å². The Morgan fingerprint density at radius 2 is 1.83 bits per heavy atom. The fourth-order valence-corrected chi connectivity index (χ4v) is 2.07. The highest BCUT2D eigenvalue weighted by Crippen LogP contribution is 2.30. The highest BCUT2D eigenvalue weighted by molar-refractivity contribution is 6.05. The molecule has 0 heterocycles. The van der Waals surface area contributed by atoms with Gasteiger partial charge in [-0.15, -0.1) is 0 Å². The third kappa shape index (κ3) is 4.22. The molecule has 2 aromatic rings. The number of benzene rings is 2. The smallest absolute Gasteiger partial charge is 0.255 e. The summed E-state index contributed by atoms with van der Waals surface area (Å²) in [5.74, 6) is 0.350. The van der Waals surface area contributed by atoms with Gasteiger partial charge in [0.2, 0.25) is 0 Å². The Balaban J connectivity index is 2.27. The van der Waals surface area contributed by atoms with Gasteiger partial charge in [-0.3, -0.25) is 4.79 Å². The summed E-state index contributed by atoms with van der Waals surface area (Å²) in [4.78, 5) is 12.3. The summed E-state index contributed by atoms with van der Waals surface area (Å²) in [6, 6.07) is 9.58. The van der Waals surface area contributed by atoms with Crippen molar-refractivity contribution in [2.75, 3.05) is 18.5 Å². The molecular weight excluding hydrogens is 297 g/mol. The van der Waals surface area contributed by atoms with Crippen LogP contribution in [0, 0.1) is 12.7 Å². The van der Waals surface area contributed by atoms with Crippen molar-refractivity contribution in [2.45, 2.75) is 20.8 Å². The van der Waals surface area contributed by atoms with E-state index in [1.807, 2.05) is 13.8 Å². The second kappa shape index (κ2) is 7.63. The summed E-state index contributed by atoms with van der Waals surface area (Å²) in [7, 11) is 0. The van der Waals surface area contributed by atoms with Crippen LogP contribution in [0.15, 0.2) is 36.4 Å². The summed E-state index contributed by atoms with van der Waals surface area (Å²) in [6.45, 7) is 6.37. The first kappa shape index (κ1) is 16.8. The fourth-order valence-electron chi connectivity index (χ4n) is 2.07. The maximum Gasteiger partial charge on any atom is 0.255 e. The second-order valence-corrected chi connectivity index (χ2v) is 4.94. The van der Waals surface area contributed by atoms with Crippen LogP contribution in [0.1, 0.15) is 29.8 Å². The van der Waals surface area contributed by atoms with Gasteiger partial charge in [0.1, 0.15) is 17.3 Å². The molecular formula is C18H20FNO3. The molecule has 122 valence electrons. The molecule has 2 rings (SSSR count). The van der Waals surface area contributed by atoms with Gasteiger partial charge in [-0.2, -0.15) is 0 Å². The summed E-state index contributed by atoms with van der Waals surface area (Å²) >= 11 is 0. The largest absolute Gasteiger partial charge is 0.494 e. The Bertz CT molecular complexity index is 701. The molecule has 0 spiro atoms. The van der Waals surface area contributed by atoms with Crippen LogP contribution in [0.4, 0.5) is 10.1 Å². The number of hydrogen-bond acceptors (Lipinski definition) is 3. The van der Waals surface area contributed by atoms with Crippen LogP contribution in [-0.4, -0.2) is 19.1 Å². The second-order valence-electron chi connectivity index (χ2n) is 4.94. The van der Waals surface area contributed by atoms with E-state index in [0.717, 1.165) is 0 Å². The van der Waals surface area contributed by atoms with Crippen molar-refractivity contribution >= 4 is 11.6 Å². The number of ether oxygens (including phenoxy) is 2. The van der Waals surface area contributed by atoms with E-state index in [1.54, 1.807) is 37.3 Å². The van der Waals surface area contributed by atoms with Crippen molar-refractivity contribution in [3.63, 3.8) is 0 Å². The maximum absolute atomic E-state index is 13.6. The number of amides is 1. The van der Waals surface area contributed by atoms with E-state index in [1.165, 1.54) is 6.07 Å². The summed E-state index contributed by atoms with van der Waals surface area (Å²) < 4.78 is 24.6. The van der Waals surface area contributed by atoms with Gasteiger partial charge in [-0.25, -0.2) is 4.39 Å². The van der Waals surface area contributed by atoms with E-state index in [0.29, 0.717) is 36.0 Å². The van der Waals surface area contributed by atoms with E-state index in [9.17, 15) is 9.18 Å². The lowest BCUT2D eigenvalue weighted by Crippen LogP contribution is -2.13. The van der Waals surface area contributed by atoms with Crippen LogP contribution in [0.25, 0.3) is 0 Å². The van der Waals surface area contributed by atoms with Gasteiger partial charge in [0.15, 0.2) is 0 Å². The molecule has 0 aliphatic rings. The third-order valence-electron chi connectivity index (χ3n) is 3.24. The SMILES string of the molecule is CCOc1ccc(OCC)c(NC(=O)c2ccc(C)c(F)c2)c1. The number of carbonyl (C=O) groups excluding carboxylic acids is 1. The Morgan fingerprint density at radius 3 is 2.48 bits per heavy atom. The minimum Gasteiger partial charge on any atom is -0.494 e. The maximum atomic E-state index is 13.6. The van der Waals surface area contributed by atoms with Crippen molar-refractivity contribution < 1.29 is 18.7 Å². The molecule has 0 radical (unpaired) electrons. The van der Waals surface area contributed by atoms with Crippen LogP contribution < -0.4 is 14.8 Å². The molecule has 0 atom stereocenters. The average molecular weight is 317 g/mol. The number of rotatable bonds is 6. The zero-order chi connectivity index (χ0) is 16.8. The van der Waals surface area contributed by atoms with Gasteiger partial charge < -0.3 is 14.8 Å². The number of anilines is 1. The predicted molar refractivity (Wildman–Crippen MR) is 87.9 cm³/mol. The Labute approximate surface area is 135 Å². The average Bonchev–Trinajstić information content (AvgIpc) is 2.53. The molecule has 0 aliphatic carbocycles. The molecule has 0 aromatic heterocycles. The Hall–Kier alpha value is -2.56. The van der Waals surface area contributed by atoms with Gasteiger partial charge in [0.25, 0.3) is 5.91 Å². The minimum atomic E-state index is -0.411. The molecule has 23 heavy (non-hydrogen) atoms. The van der Waals surface area contributed by atoms with Gasteiger partial charge in [0.05, 0.1) is 18.9 Å². The molecule has 0 bridgehead atoms. The lowest BCUT2D eigenvalue weighted by Gasteiger charge is -2.13. The molecule has 4 nitrogen and oxygen atoms in total. The molecule has 0 saturated carbocycles. The number of halogens is 1. The van der Waals surface area contributed by atoms with Crippen LogP contribution in [-0.2, 0) is 0 Å². The molecule has 0 aliphatic heterocycles. The molecule has 5 heteroatoms. The number of hydrogen-bond donors (Lipinski definition) is 1. The first-order valence-electron chi connectivity index (χ1n) is 7.52. The van der Waals surface area contributed by atoms with E-state index >= 15 is 0 Å². The van der Waals surface area contributed by atoms with Crippen molar-refractivity contribution in [1.29, 1.82) is 0 Å². The fraction of sp³-hybridized carbons (Fsp3) is 0.278. The molecule has 2 aromatic carbocycles. The predicted octanol–water partition coefficient (Wildman–Crippen LogP) is 4.18. The third-order valence-corrected chi connectivity index (χ3v) is 3.24. The zero-order valence-electron chi connectivity index (χ0n) is 13.5. The van der Waals surface area contributed by atoms with Gasteiger partial charge in [-0.1, -0.05) is 6.07 Å². The van der Waals surface area contributed by atoms with Crippen LogP contribution >= 0.6 is 0 Å². The van der Waals surface area contributed by atoms with Crippen LogP contribution in [0.5, 0.6) is 11.5 Å². The number of aryl methyl sites for hydroxylation is 1. The standard InChI is InChI=1S/C18H20FNO3/c1-4-22-14-8-9-17(23-5-2)16(11-14)20-18(21)13-7-6-12(3)15(19)10-13/h6-11H,4-5H2,1-3H3,(H,20,21).